The molecule has 0 N–H and O–H groups in total. The number of rotatable bonds is 24. The molecule has 0 spiro atoms. The van der Waals surface area contributed by atoms with Crippen LogP contribution in [0.25, 0.3) is 0 Å². The maximum absolute atomic E-state index is 8.42. The molecule has 7 heteroatoms. The molecular weight excluding hydrogens is 1160 g/mol. The van der Waals surface area contributed by atoms with Gasteiger partial charge in [-0.3, -0.25) is 7.32 Å². The van der Waals surface area contributed by atoms with Crippen molar-refractivity contribution in [2.75, 3.05) is 0 Å². The van der Waals surface area contributed by atoms with Crippen molar-refractivity contribution in [1.82, 2.24) is 0 Å². The quantitative estimate of drug-likeness (QED) is 0.0447. The number of hydrogen-bond donors (Lipinski definition) is 0. The van der Waals surface area contributed by atoms with E-state index in [0.29, 0.717) is 0 Å². The summed E-state index contributed by atoms with van der Waals surface area (Å²) in [5.41, 5.74) is 17.5. The van der Waals surface area contributed by atoms with Crippen LogP contribution in [0.3, 0.4) is 0 Å². The summed E-state index contributed by atoms with van der Waals surface area (Å²) >= 11 is 0. The largest absolute Gasteiger partial charge is 0.907 e. The Labute approximate surface area is 545 Å². The molecule has 0 radical (unpaired) electrons. The summed E-state index contributed by atoms with van der Waals surface area (Å²) in [6.45, 7) is 0. The summed E-state index contributed by atoms with van der Waals surface area (Å²) in [6, 6.07) is 133. The lowest BCUT2D eigenvalue weighted by Crippen LogP contribution is -2.56. The van der Waals surface area contributed by atoms with Gasteiger partial charge in [-0.05, 0) is 66.8 Å². The van der Waals surface area contributed by atoms with E-state index in [0.717, 1.165) is 0 Å². The minimum atomic E-state index is -2.92. The van der Waals surface area contributed by atoms with Gasteiger partial charge in [-0.2, -0.15) is 0 Å². The highest BCUT2D eigenvalue weighted by Crippen LogP contribution is 2.71. The fourth-order valence-electron chi connectivity index (χ4n) is 12.7. The first-order valence-electron chi connectivity index (χ1n) is 31.7. The SMILES string of the molecule is [O-]B([O-])[O-].c1ccc(C[P+](Cc2ccccc2)(Cc2ccccc2)Cc2ccccc2)cc1.c1ccc(C[P+](Cc2ccccc2)(Cc2ccccc2)Cc2ccccc2)cc1.c1ccc(C[P+](Cc2ccccc2)(Cc2ccccc2)Cc2ccccc2)cc1. The van der Waals surface area contributed by atoms with Gasteiger partial charge < -0.3 is 15.1 Å². The first-order valence-corrected chi connectivity index (χ1v) is 39.3. The molecule has 456 valence electrons. The Balaban J connectivity index is 0.000000157. The van der Waals surface area contributed by atoms with E-state index in [1.54, 1.807) is 0 Å². The molecule has 91 heavy (non-hydrogen) atoms. The van der Waals surface area contributed by atoms with Gasteiger partial charge in [-0.15, -0.1) is 0 Å². The van der Waals surface area contributed by atoms with Gasteiger partial charge in [-0.1, -0.05) is 364 Å². The third kappa shape index (κ3) is 23.9. The van der Waals surface area contributed by atoms with Crippen molar-refractivity contribution in [3.8, 4) is 0 Å². The molecule has 0 amide bonds. The fraction of sp³-hybridized carbons (Fsp3) is 0.143. The van der Waals surface area contributed by atoms with Crippen LogP contribution < -0.4 is 15.1 Å². The molecule has 0 aliphatic carbocycles. The number of hydrogen-bond acceptors (Lipinski definition) is 3. The minimum absolute atomic E-state index is 1.17. The van der Waals surface area contributed by atoms with Crippen molar-refractivity contribution in [2.45, 2.75) is 73.9 Å². The van der Waals surface area contributed by atoms with Crippen LogP contribution in [0.2, 0.25) is 0 Å². The van der Waals surface area contributed by atoms with Crippen LogP contribution in [0.5, 0.6) is 0 Å². The Bertz CT molecular complexity index is 2910. The highest BCUT2D eigenvalue weighted by molar-refractivity contribution is 7.73. The summed E-state index contributed by atoms with van der Waals surface area (Å²) in [4.78, 5) is 0. The second kappa shape index (κ2) is 36.7. The van der Waals surface area contributed by atoms with Crippen molar-refractivity contribution >= 4 is 29.1 Å². The Hall–Kier alpha value is -8.13. The maximum atomic E-state index is 8.42. The second-order valence-electron chi connectivity index (χ2n) is 24.0. The third-order valence-corrected chi connectivity index (χ3v) is 28.8. The predicted octanol–water partition coefficient (Wildman–Crippen LogP) is 19.5. The molecule has 0 atom stereocenters. The van der Waals surface area contributed by atoms with Crippen LogP contribution in [-0.2, 0) is 73.9 Å². The predicted molar refractivity (Wildman–Crippen MR) is 388 cm³/mol. The first-order chi connectivity index (χ1) is 44.7. The Morgan fingerprint density at radius 3 is 0.275 bits per heavy atom. The highest BCUT2D eigenvalue weighted by atomic mass is 31.2. The molecule has 0 fully saturated rings. The summed E-state index contributed by atoms with van der Waals surface area (Å²) < 4.78 is 0. The third-order valence-electron chi connectivity index (χ3n) is 16.3. The van der Waals surface area contributed by atoms with E-state index in [9.17, 15) is 0 Å². The molecule has 0 aliphatic heterocycles. The van der Waals surface area contributed by atoms with Gasteiger partial charge in [0.05, 0.1) is 73.9 Å². The van der Waals surface area contributed by atoms with Crippen LogP contribution in [0.1, 0.15) is 66.8 Å². The van der Waals surface area contributed by atoms with E-state index < -0.39 is 29.1 Å². The molecule has 3 nitrogen and oxygen atoms in total. The van der Waals surface area contributed by atoms with Crippen LogP contribution >= 0.6 is 21.8 Å². The van der Waals surface area contributed by atoms with E-state index in [2.05, 4.69) is 364 Å². The van der Waals surface area contributed by atoms with Crippen molar-refractivity contribution in [3.05, 3.63) is 431 Å². The summed E-state index contributed by atoms with van der Waals surface area (Å²) in [5.74, 6) is 0. The monoisotopic (exact) mass is 1240 g/mol. The van der Waals surface area contributed by atoms with Crippen molar-refractivity contribution in [1.29, 1.82) is 0 Å². The molecule has 12 aromatic carbocycles. The summed E-state index contributed by atoms with van der Waals surface area (Å²) in [6.07, 6.45) is 14.1. The molecule has 0 unspecified atom stereocenters. The lowest BCUT2D eigenvalue weighted by atomic mass is 10.2. The maximum Gasteiger partial charge on any atom is 0.0852 e. The van der Waals surface area contributed by atoms with Crippen molar-refractivity contribution in [3.63, 3.8) is 0 Å². The normalized spacial score (nSPS) is 11.1. The zero-order valence-corrected chi connectivity index (χ0v) is 55.0. The lowest BCUT2D eigenvalue weighted by Gasteiger charge is -2.35. The standard InChI is InChI=1S/3C28H28P.BO3/c3*1-5-13-25(14-6-1)21-29(22-26-15-7-2-8-16-26,23-27-17-9-3-10-18-27)24-28-19-11-4-12-20-28;2-1(3)4/h3*1-20H,21-24H2;/q3*+1;-3. The highest BCUT2D eigenvalue weighted by Gasteiger charge is 2.41. The minimum Gasteiger partial charge on any atom is -0.907 e. The van der Waals surface area contributed by atoms with Gasteiger partial charge in [-0.25, -0.2) is 0 Å². The molecule has 0 saturated heterocycles. The molecule has 0 heterocycles. The molecule has 0 aliphatic rings. The van der Waals surface area contributed by atoms with Crippen molar-refractivity contribution in [2.24, 2.45) is 0 Å². The van der Waals surface area contributed by atoms with E-state index in [1.165, 1.54) is 141 Å². The zero-order chi connectivity index (χ0) is 62.9. The van der Waals surface area contributed by atoms with E-state index in [4.69, 9.17) is 15.1 Å². The summed E-state index contributed by atoms with van der Waals surface area (Å²) in [5, 5.41) is 25.2. The van der Waals surface area contributed by atoms with Gasteiger partial charge in [0, 0.05) is 21.8 Å². The Morgan fingerprint density at radius 2 is 0.209 bits per heavy atom. The zero-order valence-electron chi connectivity index (χ0n) is 52.3. The molecule has 12 rings (SSSR count). The van der Waals surface area contributed by atoms with Crippen LogP contribution in [-0.4, -0.2) is 7.32 Å². The number of benzene rings is 12. The molecule has 0 bridgehead atoms. The average molecular weight is 1250 g/mol. The Morgan fingerprint density at radius 1 is 0.143 bits per heavy atom. The molecule has 12 aromatic rings. The van der Waals surface area contributed by atoms with Crippen LogP contribution in [0.15, 0.2) is 364 Å². The van der Waals surface area contributed by atoms with Gasteiger partial charge in [0.1, 0.15) is 0 Å². The Kier molecular flexibility index (Phi) is 27.1. The molecular formula is C84H84BO3P3. The lowest BCUT2D eigenvalue weighted by molar-refractivity contribution is -0.479. The molecule has 0 aromatic heterocycles. The average Bonchev–Trinajstić information content (AvgIpc) is 1.81. The second-order valence-corrected chi connectivity index (χ2v) is 35.9. The first kappa shape index (κ1) is 67.3. The smallest absolute Gasteiger partial charge is 0.0852 e. The summed E-state index contributed by atoms with van der Waals surface area (Å²) in [7, 11) is -7.07. The van der Waals surface area contributed by atoms with E-state index >= 15 is 0 Å². The van der Waals surface area contributed by atoms with Crippen molar-refractivity contribution < 1.29 is 15.1 Å². The van der Waals surface area contributed by atoms with Gasteiger partial charge in [0.2, 0.25) is 0 Å². The van der Waals surface area contributed by atoms with Crippen LogP contribution in [0, 0.1) is 0 Å². The van der Waals surface area contributed by atoms with Crippen LogP contribution in [0.4, 0.5) is 0 Å². The van der Waals surface area contributed by atoms with Gasteiger partial charge >= 0.3 is 0 Å². The molecule has 0 saturated carbocycles. The van der Waals surface area contributed by atoms with E-state index in [-0.39, 0.29) is 0 Å². The van der Waals surface area contributed by atoms with E-state index in [1.807, 2.05) is 0 Å². The van der Waals surface area contributed by atoms with Gasteiger partial charge in [0.15, 0.2) is 0 Å². The van der Waals surface area contributed by atoms with Gasteiger partial charge in [0.25, 0.3) is 0 Å². The fourth-order valence-corrected chi connectivity index (χ4v) is 26.5. The topological polar surface area (TPSA) is 69.2 Å².